The van der Waals surface area contributed by atoms with Gasteiger partial charge >= 0.3 is 0 Å². The van der Waals surface area contributed by atoms with Crippen LogP contribution >= 0.6 is 0 Å². The maximum absolute atomic E-state index is 10.9. The van der Waals surface area contributed by atoms with E-state index < -0.39 is 0 Å². The van der Waals surface area contributed by atoms with E-state index in [4.69, 9.17) is 0 Å². The SMILES string of the molecule is CC(=O)C=CC(=CC(C)(C)C)C(C)(C)C. The molecule has 1 heteroatoms. The van der Waals surface area contributed by atoms with Crippen LogP contribution in [0.4, 0.5) is 0 Å². The molecule has 0 aliphatic heterocycles. The van der Waals surface area contributed by atoms with Gasteiger partial charge in [-0.1, -0.05) is 53.7 Å². The van der Waals surface area contributed by atoms with Crippen LogP contribution in [0.3, 0.4) is 0 Å². The number of carbonyl (C=O) groups is 1. The Labute approximate surface area is 94.3 Å². The average Bonchev–Trinajstić information content (AvgIpc) is 1.93. The Bertz CT molecular complexity index is 279. The number of carbonyl (C=O) groups excluding carboxylic acids is 1. The van der Waals surface area contributed by atoms with E-state index in [1.165, 1.54) is 5.57 Å². The number of allylic oxidation sites excluding steroid dienone is 4. The van der Waals surface area contributed by atoms with Gasteiger partial charge in [0, 0.05) is 0 Å². The Morgan fingerprint density at radius 1 is 0.933 bits per heavy atom. The van der Waals surface area contributed by atoms with E-state index >= 15 is 0 Å². The van der Waals surface area contributed by atoms with Crippen LogP contribution in [0.2, 0.25) is 0 Å². The Morgan fingerprint density at radius 2 is 1.40 bits per heavy atom. The maximum Gasteiger partial charge on any atom is 0.152 e. The molecular weight excluding hydrogens is 184 g/mol. The van der Waals surface area contributed by atoms with Crippen LogP contribution in [-0.4, -0.2) is 5.78 Å². The van der Waals surface area contributed by atoms with E-state index in [0.717, 1.165) is 0 Å². The molecule has 0 fully saturated rings. The molecule has 0 spiro atoms. The topological polar surface area (TPSA) is 17.1 Å². The van der Waals surface area contributed by atoms with Gasteiger partial charge in [-0.2, -0.15) is 0 Å². The van der Waals surface area contributed by atoms with E-state index in [1.807, 2.05) is 6.08 Å². The first-order valence-corrected chi connectivity index (χ1v) is 5.44. The number of hydrogen-bond donors (Lipinski definition) is 0. The molecule has 0 aromatic heterocycles. The third-order valence-corrected chi connectivity index (χ3v) is 1.95. The number of ketones is 1. The predicted molar refractivity (Wildman–Crippen MR) is 66.8 cm³/mol. The Kier molecular flexibility index (Phi) is 4.51. The normalized spacial score (nSPS) is 14.7. The molecule has 0 atom stereocenters. The molecule has 0 heterocycles. The molecule has 0 rings (SSSR count). The van der Waals surface area contributed by atoms with Crippen LogP contribution in [0.1, 0.15) is 48.5 Å². The first-order valence-electron chi connectivity index (χ1n) is 5.44. The summed E-state index contributed by atoms with van der Waals surface area (Å²) < 4.78 is 0. The second-order valence-electron chi connectivity index (χ2n) is 6.16. The van der Waals surface area contributed by atoms with Crippen molar-refractivity contribution in [2.75, 3.05) is 0 Å². The highest BCUT2D eigenvalue weighted by Crippen LogP contribution is 2.30. The molecule has 0 N–H and O–H groups in total. The van der Waals surface area contributed by atoms with Crippen molar-refractivity contribution in [1.82, 2.24) is 0 Å². The molecule has 0 saturated carbocycles. The van der Waals surface area contributed by atoms with Crippen molar-refractivity contribution in [3.05, 3.63) is 23.8 Å². The third-order valence-electron chi connectivity index (χ3n) is 1.95. The highest BCUT2D eigenvalue weighted by atomic mass is 16.1. The summed E-state index contributed by atoms with van der Waals surface area (Å²) in [6.07, 6.45) is 5.81. The van der Waals surface area contributed by atoms with Crippen LogP contribution in [0.15, 0.2) is 23.8 Å². The molecule has 0 unspecified atom stereocenters. The first kappa shape index (κ1) is 14.2. The summed E-state index contributed by atoms with van der Waals surface area (Å²) in [6, 6.07) is 0. The summed E-state index contributed by atoms with van der Waals surface area (Å²) in [6.45, 7) is 14.6. The summed E-state index contributed by atoms with van der Waals surface area (Å²) in [5.41, 5.74) is 1.44. The summed E-state index contributed by atoms with van der Waals surface area (Å²) in [5.74, 6) is 0.0964. The second kappa shape index (κ2) is 4.78. The molecule has 0 bridgehead atoms. The van der Waals surface area contributed by atoms with Gasteiger partial charge in [-0.3, -0.25) is 4.79 Å². The zero-order valence-corrected chi connectivity index (χ0v) is 11.1. The van der Waals surface area contributed by atoms with E-state index in [1.54, 1.807) is 13.0 Å². The standard InChI is InChI=1S/C14H24O/c1-11(15)8-9-12(14(5,6)7)10-13(2,3)4/h8-10H,1-7H3. The highest BCUT2D eigenvalue weighted by Gasteiger charge is 2.17. The van der Waals surface area contributed by atoms with E-state index in [0.29, 0.717) is 0 Å². The third kappa shape index (κ3) is 7.12. The number of rotatable bonds is 2. The fourth-order valence-corrected chi connectivity index (χ4v) is 1.19. The van der Waals surface area contributed by atoms with Gasteiger partial charge in [0.25, 0.3) is 0 Å². The van der Waals surface area contributed by atoms with Crippen LogP contribution < -0.4 is 0 Å². The molecule has 0 saturated heterocycles. The molecule has 0 aromatic carbocycles. The highest BCUT2D eigenvalue weighted by molar-refractivity contribution is 5.87. The molecule has 0 aliphatic rings. The van der Waals surface area contributed by atoms with E-state index in [9.17, 15) is 4.79 Å². The van der Waals surface area contributed by atoms with Crippen molar-refractivity contribution in [3.8, 4) is 0 Å². The lowest BCUT2D eigenvalue weighted by Gasteiger charge is -2.24. The fraction of sp³-hybridized carbons (Fsp3) is 0.643. The van der Waals surface area contributed by atoms with Crippen LogP contribution in [0.25, 0.3) is 0 Å². The van der Waals surface area contributed by atoms with E-state index in [2.05, 4.69) is 47.6 Å². The van der Waals surface area contributed by atoms with Gasteiger partial charge < -0.3 is 0 Å². The first-order chi connectivity index (χ1) is 6.52. The smallest absolute Gasteiger partial charge is 0.152 e. The summed E-state index contributed by atoms with van der Waals surface area (Å²) in [7, 11) is 0. The van der Waals surface area contributed by atoms with Crippen molar-refractivity contribution in [2.24, 2.45) is 10.8 Å². The quantitative estimate of drug-likeness (QED) is 0.492. The molecule has 86 valence electrons. The molecule has 0 radical (unpaired) electrons. The molecule has 0 aliphatic carbocycles. The Balaban J connectivity index is 5.10. The Hall–Kier alpha value is -0.850. The van der Waals surface area contributed by atoms with Crippen molar-refractivity contribution in [3.63, 3.8) is 0 Å². The van der Waals surface area contributed by atoms with Gasteiger partial charge in [0.05, 0.1) is 0 Å². The molecule has 0 amide bonds. The monoisotopic (exact) mass is 208 g/mol. The van der Waals surface area contributed by atoms with Crippen LogP contribution in [0.5, 0.6) is 0 Å². The molecule has 1 nitrogen and oxygen atoms in total. The molecule has 15 heavy (non-hydrogen) atoms. The Morgan fingerprint density at radius 3 is 1.67 bits per heavy atom. The molecular formula is C14H24O. The average molecular weight is 208 g/mol. The zero-order valence-electron chi connectivity index (χ0n) is 11.1. The summed E-state index contributed by atoms with van der Waals surface area (Å²) >= 11 is 0. The van der Waals surface area contributed by atoms with Crippen molar-refractivity contribution in [1.29, 1.82) is 0 Å². The minimum atomic E-state index is 0.0826. The largest absolute Gasteiger partial charge is 0.295 e. The molecule has 0 aromatic rings. The van der Waals surface area contributed by atoms with Gasteiger partial charge in [0.2, 0.25) is 0 Å². The lowest BCUT2D eigenvalue weighted by Crippen LogP contribution is -2.12. The number of hydrogen-bond acceptors (Lipinski definition) is 1. The van der Waals surface area contributed by atoms with Crippen LogP contribution in [-0.2, 0) is 4.79 Å². The van der Waals surface area contributed by atoms with E-state index in [-0.39, 0.29) is 16.6 Å². The summed E-state index contributed by atoms with van der Waals surface area (Å²) in [5, 5.41) is 0. The second-order valence-corrected chi connectivity index (χ2v) is 6.16. The van der Waals surface area contributed by atoms with Gasteiger partial charge in [-0.25, -0.2) is 0 Å². The lowest BCUT2D eigenvalue weighted by atomic mass is 9.81. The van der Waals surface area contributed by atoms with Crippen molar-refractivity contribution in [2.45, 2.75) is 48.5 Å². The fourth-order valence-electron chi connectivity index (χ4n) is 1.19. The zero-order chi connectivity index (χ0) is 12.3. The maximum atomic E-state index is 10.9. The minimum absolute atomic E-state index is 0.0826. The summed E-state index contributed by atoms with van der Waals surface area (Å²) in [4.78, 5) is 10.9. The lowest BCUT2D eigenvalue weighted by molar-refractivity contribution is -0.112. The predicted octanol–water partition coefficient (Wildman–Crippen LogP) is 4.15. The van der Waals surface area contributed by atoms with Gasteiger partial charge in [-0.15, -0.1) is 0 Å². The van der Waals surface area contributed by atoms with Gasteiger partial charge in [0.1, 0.15) is 0 Å². The van der Waals surface area contributed by atoms with Crippen molar-refractivity contribution < 1.29 is 4.79 Å². The van der Waals surface area contributed by atoms with Crippen LogP contribution in [0, 0.1) is 10.8 Å². The van der Waals surface area contributed by atoms with Gasteiger partial charge in [0.15, 0.2) is 5.78 Å². The van der Waals surface area contributed by atoms with Crippen molar-refractivity contribution >= 4 is 5.78 Å². The minimum Gasteiger partial charge on any atom is -0.295 e. The van der Waals surface area contributed by atoms with Gasteiger partial charge in [-0.05, 0) is 29.4 Å².